The molecule has 1 aromatic carbocycles. The molecule has 2 aromatic rings. The quantitative estimate of drug-likeness (QED) is 0.717. The van der Waals surface area contributed by atoms with Crippen molar-refractivity contribution in [2.24, 2.45) is 5.92 Å². The fourth-order valence-electron chi connectivity index (χ4n) is 3.95. The van der Waals surface area contributed by atoms with Crippen LogP contribution in [0.1, 0.15) is 35.9 Å². The van der Waals surface area contributed by atoms with Gasteiger partial charge in [0.25, 0.3) is 0 Å². The summed E-state index contributed by atoms with van der Waals surface area (Å²) >= 11 is 0. The first-order valence-corrected chi connectivity index (χ1v) is 11.6. The van der Waals surface area contributed by atoms with Crippen LogP contribution in [0.5, 0.6) is 0 Å². The van der Waals surface area contributed by atoms with Crippen molar-refractivity contribution in [3.8, 4) is 0 Å². The van der Waals surface area contributed by atoms with Crippen molar-refractivity contribution in [1.29, 1.82) is 0 Å². The number of aryl methyl sites for hydroxylation is 2. The molecule has 2 heterocycles. The van der Waals surface area contributed by atoms with E-state index in [1.54, 1.807) is 13.8 Å². The summed E-state index contributed by atoms with van der Waals surface area (Å²) in [7, 11) is 0.312. The van der Waals surface area contributed by atoms with Crippen molar-refractivity contribution in [3.63, 3.8) is 0 Å². The lowest BCUT2D eigenvalue weighted by Crippen LogP contribution is -2.44. The number of nitrogens with zero attached hydrogens (tertiary/aromatic N) is 3. The lowest BCUT2D eigenvalue weighted by molar-refractivity contribution is -0.126. The second kappa shape index (κ2) is 9.28. The monoisotopic (exact) mass is 434 g/mol. The number of benzene rings is 1. The van der Waals surface area contributed by atoms with E-state index in [2.05, 4.69) is 27.5 Å². The summed E-state index contributed by atoms with van der Waals surface area (Å²) in [6.45, 7) is 4.34. The molecule has 164 valence electrons. The van der Waals surface area contributed by atoms with E-state index in [0.717, 1.165) is 5.56 Å². The number of rotatable bonds is 7. The number of sulfonamides is 1. The van der Waals surface area contributed by atoms with Crippen molar-refractivity contribution < 1.29 is 17.7 Å². The number of aromatic nitrogens is 1. The lowest BCUT2D eigenvalue weighted by atomic mass is 9.97. The van der Waals surface area contributed by atoms with Gasteiger partial charge < -0.3 is 14.7 Å². The molecule has 1 atom stereocenters. The summed E-state index contributed by atoms with van der Waals surface area (Å²) in [6.07, 6.45) is 0.985. The number of nitrogens with one attached hydrogen (secondary N) is 1. The highest BCUT2D eigenvalue weighted by molar-refractivity contribution is 7.89. The van der Waals surface area contributed by atoms with Gasteiger partial charge in [-0.2, -0.15) is 4.31 Å². The maximum absolute atomic E-state index is 12.9. The molecule has 9 heteroatoms. The predicted octanol–water partition coefficient (Wildman–Crippen LogP) is 2.11. The number of hydrogen-bond donors (Lipinski definition) is 1. The lowest BCUT2D eigenvalue weighted by Gasteiger charge is -2.31. The fraction of sp³-hybridized carbons (Fsp3) is 0.524. The zero-order chi connectivity index (χ0) is 21.9. The Hall–Kier alpha value is -2.23. The van der Waals surface area contributed by atoms with E-state index < -0.39 is 10.0 Å². The van der Waals surface area contributed by atoms with Crippen LogP contribution in [0.4, 0.5) is 0 Å². The van der Waals surface area contributed by atoms with Gasteiger partial charge in [-0.25, -0.2) is 8.42 Å². The third-order valence-corrected chi connectivity index (χ3v) is 7.81. The molecule has 3 rings (SSSR count). The second-order valence-corrected chi connectivity index (χ2v) is 9.84. The third kappa shape index (κ3) is 4.74. The second-order valence-electron chi connectivity index (χ2n) is 7.97. The maximum atomic E-state index is 12.9. The molecule has 0 spiro atoms. The minimum Gasteiger partial charge on any atom is -0.360 e. The summed E-state index contributed by atoms with van der Waals surface area (Å²) in [6, 6.07) is 10.1. The third-order valence-electron chi connectivity index (χ3n) is 5.67. The SMILES string of the molecule is Cc1noc(C)c1S(=O)(=O)N1CCC(C(=O)NC[C@@H](c2ccccc2)N(C)C)CC1. The van der Waals surface area contributed by atoms with Crippen molar-refractivity contribution in [2.45, 2.75) is 37.6 Å². The van der Waals surface area contributed by atoms with Crippen LogP contribution in [0.15, 0.2) is 39.8 Å². The van der Waals surface area contributed by atoms with Gasteiger partial charge in [-0.05, 0) is 46.3 Å². The minimum absolute atomic E-state index is 0.0211. The first-order valence-electron chi connectivity index (χ1n) is 10.1. The Morgan fingerprint density at radius 3 is 2.40 bits per heavy atom. The van der Waals surface area contributed by atoms with Crippen LogP contribution in [-0.4, -0.2) is 62.4 Å². The van der Waals surface area contributed by atoms with Crippen LogP contribution in [0.25, 0.3) is 0 Å². The van der Waals surface area contributed by atoms with Gasteiger partial charge in [0.15, 0.2) is 5.76 Å². The molecule has 0 saturated carbocycles. The molecule has 1 fully saturated rings. The molecule has 8 nitrogen and oxygen atoms in total. The molecular formula is C21H30N4O4S. The topological polar surface area (TPSA) is 95.8 Å². The van der Waals surface area contributed by atoms with Gasteiger partial charge >= 0.3 is 0 Å². The minimum atomic E-state index is -3.66. The van der Waals surface area contributed by atoms with Crippen molar-refractivity contribution in [2.75, 3.05) is 33.7 Å². The molecule has 1 amide bonds. The molecule has 1 aliphatic heterocycles. The number of piperidine rings is 1. The first-order chi connectivity index (χ1) is 14.2. The molecule has 1 aromatic heterocycles. The predicted molar refractivity (Wildman–Crippen MR) is 113 cm³/mol. The summed E-state index contributed by atoms with van der Waals surface area (Å²) in [5.41, 5.74) is 1.51. The average molecular weight is 435 g/mol. The number of amides is 1. The zero-order valence-corrected chi connectivity index (χ0v) is 18.8. The van der Waals surface area contributed by atoms with Gasteiger partial charge in [0.05, 0.1) is 6.04 Å². The van der Waals surface area contributed by atoms with E-state index >= 15 is 0 Å². The van der Waals surface area contributed by atoms with Gasteiger partial charge in [0, 0.05) is 25.6 Å². The molecule has 0 aliphatic carbocycles. The molecule has 0 radical (unpaired) electrons. The van der Waals surface area contributed by atoms with Crippen molar-refractivity contribution >= 4 is 15.9 Å². The maximum Gasteiger partial charge on any atom is 0.248 e. The Kier molecular flexibility index (Phi) is 6.95. The number of likely N-dealkylation sites (N-methyl/N-ethyl adjacent to an activating group) is 1. The molecule has 1 saturated heterocycles. The van der Waals surface area contributed by atoms with E-state index in [1.165, 1.54) is 4.31 Å². The van der Waals surface area contributed by atoms with E-state index in [1.807, 2.05) is 32.3 Å². The van der Waals surface area contributed by atoms with Gasteiger partial charge in [-0.1, -0.05) is 35.5 Å². The normalized spacial score (nSPS) is 17.2. The number of hydrogen-bond acceptors (Lipinski definition) is 6. The highest BCUT2D eigenvalue weighted by Crippen LogP contribution is 2.28. The number of carbonyl (C=O) groups excluding carboxylic acids is 1. The molecule has 0 bridgehead atoms. The van der Waals surface area contributed by atoms with Crippen LogP contribution < -0.4 is 5.32 Å². The van der Waals surface area contributed by atoms with Gasteiger partial charge in [-0.3, -0.25) is 4.79 Å². The Labute approximate surface area is 178 Å². The molecule has 0 unspecified atom stereocenters. The summed E-state index contributed by atoms with van der Waals surface area (Å²) in [5.74, 6) is 0.0786. The number of carbonyl (C=O) groups is 1. The van der Waals surface area contributed by atoms with E-state index in [-0.39, 0.29) is 22.8 Å². The fourth-order valence-corrected chi connectivity index (χ4v) is 5.71. The van der Waals surface area contributed by atoms with Gasteiger partial charge in [0.1, 0.15) is 10.6 Å². The van der Waals surface area contributed by atoms with Crippen molar-refractivity contribution in [3.05, 3.63) is 47.3 Å². The van der Waals surface area contributed by atoms with Crippen LogP contribution in [-0.2, 0) is 14.8 Å². The summed E-state index contributed by atoms with van der Waals surface area (Å²) in [4.78, 5) is 14.9. The van der Waals surface area contributed by atoms with Crippen LogP contribution in [0.2, 0.25) is 0 Å². The standard InChI is InChI=1S/C21H30N4O4S/c1-15-20(16(2)29-23-15)30(27,28)25-12-10-18(11-13-25)21(26)22-14-19(24(3)4)17-8-6-5-7-9-17/h5-9,18-19H,10-14H2,1-4H3,(H,22,26)/t19-/m0/s1. The van der Waals surface area contributed by atoms with Crippen molar-refractivity contribution in [1.82, 2.24) is 19.7 Å². The Balaban J connectivity index is 1.58. The molecule has 1 aliphatic rings. The summed E-state index contributed by atoms with van der Waals surface area (Å²) < 4.78 is 32.3. The van der Waals surface area contributed by atoms with Crippen LogP contribution in [0.3, 0.4) is 0 Å². The highest BCUT2D eigenvalue weighted by Gasteiger charge is 2.35. The van der Waals surface area contributed by atoms with E-state index in [0.29, 0.717) is 43.9 Å². The van der Waals surface area contributed by atoms with Crippen LogP contribution >= 0.6 is 0 Å². The van der Waals surface area contributed by atoms with E-state index in [4.69, 9.17) is 4.52 Å². The average Bonchev–Trinajstić information content (AvgIpc) is 3.07. The smallest absolute Gasteiger partial charge is 0.248 e. The van der Waals surface area contributed by atoms with E-state index in [9.17, 15) is 13.2 Å². The summed E-state index contributed by atoms with van der Waals surface area (Å²) in [5, 5.41) is 6.81. The molecule has 30 heavy (non-hydrogen) atoms. The molecular weight excluding hydrogens is 404 g/mol. The zero-order valence-electron chi connectivity index (χ0n) is 18.0. The Morgan fingerprint density at radius 2 is 1.87 bits per heavy atom. The first kappa shape index (κ1) is 22.5. The van der Waals surface area contributed by atoms with Gasteiger partial charge in [0.2, 0.25) is 15.9 Å². The molecule has 1 N–H and O–H groups in total. The Morgan fingerprint density at radius 1 is 1.23 bits per heavy atom. The largest absolute Gasteiger partial charge is 0.360 e. The van der Waals surface area contributed by atoms with Gasteiger partial charge in [-0.15, -0.1) is 0 Å². The Bertz CT molecular complexity index is 945. The van der Waals surface area contributed by atoms with Crippen LogP contribution in [0, 0.1) is 19.8 Å². The highest BCUT2D eigenvalue weighted by atomic mass is 32.2.